The third-order valence-corrected chi connectivity index (χ3v) is 3.16. The van der Waals surface area contributed by atoms with Gasteiger partial charge in [0, 0.05) is 29.6 Å². The maximum atomic E-state index is 9.67. The third-order valence-electron chi connectivity index (χ3n) is 2.55. The van der Waals surface area contributed by atoms with E-state index in [2.05, 4.69) is 15.9 Å². The second-order valence-electron chi connectivity index (χ2n) is 3.62. The molecule has 1 atom stereocenters. The Kier molecular flexibility index (Phi) is 2.82. The topological polar surface area (TPSA) is 51.2 Å². The Balaban J connectivity index is 2.63. The predicted octanol–water partition coefficient (Wildman–Crippen LogP) is 1.93. The van der Waals surface area contributed by atoms with Gasteiger partial charge < -0.3 is 15.4 Å². The lowest BCUT2D eigenvalue weighted by Crippen LogP contribution is -2.11. The van der Waals surface area contributed by atoms with Crippen LogP contribution in [0.15, 0.2) is 28.9 Å². The van der Waals surface area contributed by atoms with Gasteiger partial charge in [-0.25, -0.2) is 0 Å². The van der Waals surface area contributed by atoms with Crippen molar-refractivity contribution in [3.63, 3.8) is 0 Å². The molecule has 0 radical (unpaired) electrons. The van der Waals surface area contributed by atoms with Crippen LogP contribution in [0.25, 0.3) is 10.9 Å². The van der Waals surface area contributed by atoms with Crippen LogP contribution in [0.5, 0.6) is 0 Å². The van der Waals surface area contributed by atoms with Crippen LogP contribution in [-0.2, 0) is 7.05 Å². The van der Waals surface area contributed by atoms with Crippen molar-refractivity contribution < 1.29 is 5.11 Å². The molecule has 1 aromatic heterocycles. The van der Waals surface area contributed by atoms with Crippen LogP contribution >= 0.6 is 15.9 Å². The van der Waals surface area contributed by atoms with Crippen molar-refractivity contribution in [3.8, 4) is 0 Å². The summed E-state index contributed by atoms with van der Waals surface area (Å²) in [6.07, 6.45) is 1.40. The van der Waals surface area contributed by atoms with Gasteiger partial charge in [0.05, 0.1) is 11.6 Å². The number of aryl methyl sites for hydroxylation is 1. The maximum absolute atomic E-state index is 9.67. The van der Waals surface area contributed by atoms with E-state index < -0.39 is 6.10 Å². The zero-order valence-electron chi connectivity index (χ0n) is 8.44. The number of aliphatic hydroxyl groups excluding tert-OH is 1. The summed E-state index contributed by atoms with van der Waals surface area (Å²) in [5.74, 6) is 0. The zero-order valence-corrected chi connectivity index (χ0v) is 10.0. The first-order chi connectivity index (χ1) is 7.13. The minimum Gasteiger partial charge on any atom is -0.387 e. The summed E-state index contributed by atoms with van der Waals surface area (Å²) in [6, 6.07) is 5.91. The molecule has 3 N–H and O–H groups in total. The van der Waals surface area contributed by atoms with Crippen LogP contribution in [0.2, 0.25) is 0 Å². The summed E-state index contributed by atoms with van der Waals surface area (Å²) >= 11 is 3.50. The average molecular weight is 269 g/mol. The van der Waals surface area contributed by atoms with Crippen LogP contribution in [0.4, 0.5) is 0 Å². The Morgan fingerprint density at radius 1 is 1.53 bits per heavy atom. The highest BCUT2D eigenvalue weighted by molar-refractivity contribution is 9.10. The third kappa shape index (κ3) is 1.80. The molecule has 1 heterocycles. The molecule has 3 nitrogen and oxygen atoms in total. The van der Waals surface area contributed by atoms with E-state index in [1.807, 2.05) is 36.0 Å². The van der Waals surface area contributed by atoms with Gasteiger partial charge in [-0.05, 0) is 39.7 Å². The Labute approximate surface area is 96.6 Å². The summed E-state index contributed by atoms with van der Waals surface area (Å²) in [4.78, 5) is 0. The molecule has 80 valence electrons. The molecule has 0 spiro atoms. The monoisotopic (exact) mass is 268 g/mol. The molecule has 2 aromatic rings. The predicted molar refractivity (Wildman–Crippen MR) is 64.6 cm³/mol. The van der Waals surface area contributed by atoms with Crippen molar-refractivity contribution in [2.24, 2.45) is 12.8 Å². The molecule has 1 unspecified atom stereocenters. The minimum absolute atomic E-state index is 0.241. The second-order valence-corrected chi connectivity index (χ2v) is 4.47. The van der Waals surface area contributed by atoms with E-state index in [1.165, 1.54) is 0 Å². The molecule has 0 saturated heterocycles. The van der Waals surface area contributed by atoms with Crippen molar-refractivity contribution in [2.75, 3.05) is 6.54 Å². The highest BCUT2D eigenvalue weighted by Crippen LogP contribution is 2.28. The van der Waals surface area contributed by atoms with Gasteiger partial charge in [-0.15, -0.1) is 0 Å². The molecule has 0 amide bonds. The molecule has 0 fully saturated rings. The first-order valence-corrected chi connectivity index (χ1v) is 5.55. The fraction of sp³-hybridized carbons (Fsp3) is 0.273. The molecule has 0 aliphatic heterocycles. The number of hydrogen-bond donors (Lipinski definition) is 2. The summed E-state index contributed by atoms with van der Waals surface area (Å²) in [5, 5.41) is 10.8. The normalized spacial score (nSPS) is 13.3. The lowest BCUT2D eigenvalue weighted by Gasteiger charge is -2.09. The van der Waals surface area contributed by atoms with E-state index in [9.17, 15) is 5.11 Å². The number of aliphatic hydroxyl groups is 1. The van der Waals surface area contributed by atoms with Crippen molar-refractivity contribution in [3.05, 3.63) is 34.4 Å². The Morgan fingerprint density at radius 2 is 2.27 bits per heavy atom. The largest absolute Gasteiger partial charge is 0.387 e. The lowest BCUT2D eigenvalue weighted by atomic mass is 10.1. The standard InChI is InChI=1S/C11H13BrN2O/c1-14-3-2-7-4-8(10(15)6-13)5-9(12)11(7)14/h2-5,10,15H,6,13H2,1H3. The number of hydrogen-bond acceptors (Lipinski definition) is 2. The van der Waals surface area contributed by atoms with E-state index in [1.54, 1.807) is 0 Å². The molecule has 0 bridgehead atoms. The Hall–Kier alpha value is -0.840. The van der Waals surface area contributed by atoms with Crippen LogP contribution in [-0.4, -0.2) is 16.2 Å². The van der Waals surface area contributed by atoms with E-state index in [0.29, 0.717) is 0 Å². The number of halogens is 1. The van der Waals surface area contributed by atoms with E-state index in [0.717, 1.165) is 20.9 Å². The number of benzene rings is 1. The molecular formula is C11H13BrN2O. The number of fused-ring (bicyclic) bond motifs is 1. The van der Waals surface area contributed by atoms with Crippen LogP contribution in [0.3, 0.4) is 0 Å². The molecule has 0 aliphatic rings. The molecule has 4 heteroatoms. The Bertz CT molecular complexity index is 493. The fourth-order valence-corrected chi connectivity index (χ4v) is 2.51. The maximum Gasteiger partial charge on any atom is 0.0912 e. The van der Waals surface area contributed by atoms with Gasteiger partial charge in [0.2, 0.25) is 0 Å². The summed E-state index contributed by atoms with van der Waals surface area (Å²) in [6.45, 7) is 0.241. The zero-order chi connectivity index (χ0) is 11.0. The summed E-state index contributed by atoms with van der Waals surface area (Å²) < 4.78 is 3.02. The van der Waals surface area contributed by atoms with E-state index in [-0.39, 0.29) is 6.54 Å². The van der Waals surface area contributed by atoms with Gasteiger partial charge in [-0.1, -0.05) is 0 Å². The van der Waals surface area contributed by atoms with E-state index in [4.69, 9.17) is 5.73 Å². The quantitative estimate of drug-likeness (QED) is 0.875. The van der Waals surface area contributed by atoms with Gasteiger partial charge in [-0.2, -0.15) is 0 Å². The van der Waals surface area contributed by atoms with Crippen LogP contribution in [0.1, 0.15) is 11.7 Å². The molecule has 15 heavy (non-hydrogen) atoms. The number of aromatic nitrogens is 1. The van der Waals surface area contributed by atoms with Crippen molar-refractivity contribution in [1.82, 2.24) is 4.57 Å². The highest BCUT2D eigenvalue weighted by atomic mass is 79.9. The first kappa shape index (κ1) is 10.7. The molecular weight excluding hydrogens is 256 g/mol. The fourth-order valence-electron chi connectivity index (χ4n) is 1.74. The summed E-state index contributed by atoms with van der Waals surface area (Å²) in [7, 11) is 1.99. The van der Waals surface area contributed by atoms with Crippen LogP contribution < -0.4 is 5.73 Å². The minimum atomic E-state index is -0.592. The molecule has 0 aliphatic carbocycles. The Morgan fingerprint density at radius 3 is 2.93 bits per heavy atom. The van der Waals surface area contributed by atoms with Crippen molar-refractivity contribution >= 4 is 26.8 Å². The average Bonchev–Trinajstić information content (AvgIpc) is 2.59. The smallest absolute Gasteiger partial charge is 0.0912 e. The molecule has 0 saturated carbocycles. The molecule has 1 aromatic carbocycles. The van der Waals surface area contributed by atoms with Gasteiger partial charge in [0.1, 0.15) is 0 Å². The molecule has 2 rings (SSSR count). The SMILES string of the molecule is Cn1ccc2cc(C(O)CN)cc(Br)c21. The second kappa shape index (κ2) is 3.96. The van der Waals surface area contributed by atoms with Gasteiger partial charge >= 0.3 is 0 Å². The first-order valence-electron chi connectivity index (χ1n) is 4.76. The van der Waals surface area contributed by atoms with Crippen molar-refractivity contribution in [1.29, 1.82) is 0 Å². The van der Waals surface area contributed by atoms with Crippen molar-refractivity contribution in [2.45, 2.75) is 6.10 Å². The van der Waals surface area contributed by atoms with Gasteiger partial charge in [0.15, 0.2) is 0 Å². The lowest BCUT2D eigenvalue weighted by molar-refractivity contribution is 0.187. The number of rotatable bonds is 2. The van der Waals surface area contributed by atoms with Gasteiger partial charge in [0.25, 0.3) is 0 Å². The van der Waals surface area contributed by atoms with E-state index >= 15 is 0 Å². The van der Waals surface area contributed by atoms with Gasteiger partial charge in [-0.3, -0.25) is 0 Å². The highest BCUT2D eigenvalue weighted by Gasteiger charge is 2.10. The summed E-state index contributed by atoms with van der Waals surface area (Å²) in [5.41, 5.74) is 7.41. The van der Waals surface area contributed by atoms with Crippen LogP contribution in [0, 0.1) is 0 Å². The number of nitrogens with zero attached hydrogens (tertiary/aromatic N) is 1. The number of nitrogens with two attached hydrogens (primary N) is 1.